The normalized spacial score (nSPS) is 12.9. The number of hydrogen-bond donors (Lipinski definition) is 1. The van der Waals surface area contributed by atoms with Crippen molar-refractivity contribution < 1.29 is 19.4 Å². The Morgan fingerprint density at radius 2 is 1.78 bits per heavy atom. The first kappa shape index (κ1) is 17.2. The molecule has 0 aliphatic carbocycles. The van der Waals surface area contributed by atoms with Crippen molar-refractivity contribution in [1.82, 2.24) is 0 Å². The molecular formula is C21H15NO4S. The molecular weight excluding hydrogens is 362 g/mol. The summed E-state index contributed by atoms with van der Waals surface area (Å²) in [5.74, 6) is -1.42. The van der Waals surface area contributed by atoms with E-state index in [-0.39, 0.29) is 29.9 Å². The minimum atomic E-state index is -1.07. The lowest BCUT2D eigenvalue weighted by Crippen LogP contribution is -2.22. The first-order valence-electron chi connectivity index (χ1n) is 8.39. The Morgan fingerprint density at radius 3 is 2.48 bits per heavy atom. The maximum absolute atomic E-state index is 12.7. The lowest BCUT2D eigenvalue weighted by molar-refractivity contribution is -0.356. The van der Waals surface area contributed by atoms with E-state index in [1.807, 2.05) is 42.5 Å². The second-order valence-electron chi connectivity index (χ2n) is 6.28. The minimum absolute atomic E-state index is 0.104. The molecule has 3 aromatic rings. The summed E-state index contributed by atoms with van der Waals surface area (Å²) in [7, 11) is 0. The fraction of sp³-hybridized carbons (Fsp3) is 0.0952. The first-order chi connectivity index (χ1) is 13.1. The molecule has 0 radical (unpaired) electrons. The Kier molecular flexibility index (Phi) is 4.33. The predicted octanol–water partition coefficient (Wildman–Crippen LogP) is 4.06. The highest BCUT2D eigenvalue weighted by Gasteiger charge is 2.32. The van der Waals surface area contributed by atoms with Crippen LogP contribution in [0, 0.1) is 5.21 Å². The molecule has 0 bridgehead atoms. The van der Waals surface area contributed by atoms with E-state index < -0.39 is 5.97 Å². The molecule has 1 aliphatic rings. The molecule has 0 saturated heterocycles. The van der Waals surface area contributed by atoms with Crippen LogP contribution in [-0.2, 0) is 17.6 Å². The maximum atomic E-state index is 12.7. The van der Waals surface area contributed by atoms with Crippen molar-refractivity contribution >= 4 is 34.5 Å². The van der Waals surface area contributed by atoms with Gasteiger partial charge in [0.15, 0.2) is 0 Å². The summed E-state index contributed by atoms with van der Waals surface area (Å²) in [6, 6.07) is 16.3. The van der Waals surface area contributed by atoms with Crippen LogP contribution < -0.4 is 0 Å². The van der Waals surface area contributed by atoms with Crippen LogP contribution in [0.1, 0.15) is 21.5 Å². The number of benzene rings is 2. The molecule has 0 atom stereocenters. The largest absolute Gasteiger partial charge is 0.618 e. The van der Waals surface area contributed by atoms with Gasteiger partial charge in [-0.15, -0.1) is 11.3 Å². The number of rotatable bonds is 5. The average Bonchev–Trinajstić information content (AvgIpc) is 3.24. The predicted molar refractivity (Wildman–Crippen MR) is 104 cm³/mol. The Balaban J connectivity index is 1.66. The zero-order valence-corrected chi connectivity index (χ0v) is 15.0. The smallest absolute Gasteiger partial charge is 0.337 e. The fourth-order valence-electron chi connectivity index (χ4n) is 3.30. The number of para-hydroxylation sites is 1. The molecule has 0 fully saturated rings. The van der Waals surface area contributed by atoms with Crippen LogP contribution in [-0.4, -0.2) is 27.3 Å². The first-order valence-corrected chi connectivity index (χ1v) is 9.27. The number of carbonyl (C=O) groups excluding carboxylic acids is 1. The summed E-state index contributed by atoms with van der Waals surface area (Å²) in [5, 5.41) is 23.8. The zero-order chi connectivity index (χ0) is 19.0. The van der Waals surface area contributed by atoms with Crippen molar-refractivity contribution in [2.24, 2.45) is 0 Å². The van der Waals surface area contributed by atoms with E-state index in [0.29, 0.717) is 20.9 Å². The standard InChI is InChI=1S/C21H15NO4S/c23-18(17-10-14-8-4-5-9-16(14)22(17)26)11-15-12-27-20(19(15)21(24)25)13-6-2-1-3-7-13/h1-9,12H,10-11H2,(H,24,25). The third-order valence-electron chi connectivity index (χ3n) is 4.60. The number of hydrogen-bond acceptors (Lipinski definition) is 4. The Labute approximate surface area is 159 Å². The minimum Gasteiger partial charge on any atom is -0.618 e. The third kappa shape index (κ3) is 3.04. The molecule has 2 heterocycles. The molecule has 134 valence electrons. The van der Waals surface area contributed by atoms with E-state index >= 15 is 0 Å². The van der Waals surface area contributed by atoms with Crippen LogP contribution in [0.3, 0.4) is 0 Å². The van der Waals surface area contributed by atoms with E-state index in [4.69, 9.17) is 0 Å². The highest BCUT2D eigenvalue weighted by atomic mass is 32.1. The molecule has 0 amide bonds. The number of thiophene rings is 1. The van der Waals surface area contributed by atoms with Crippen LogP contribution in [0.15, 0.2) is 60.0 Å². The lowest BCUT2D eigenvalue weighted by atomic mass is 9.99. The number of carboxylic acid groups (broad SMARTS) is 1. The number of nitrogens with zero attached hydrogens (tertiary/aromatic N) is 1. The van der Waals surface area contributed by atoms with Gasteiger partial charge in [-0.05, 0) is 16.5 Å². The van der Waals surface area contributed by atoms with Crippen molar-refractivity contribution in [3.05, 3.63) is 81.9 Å². The molecule has 0 unspecified atom stereocenters. The van der Waals surface area contributed by atoms with Gasteiger partial charge in [0.1, 0.15) is 0 Å². The molecule has 6 heteroatoms. The zero-order valence-electron chi connectivity index (χ0n) is 14.2. The van der Waals surface area contributed by atoms with Crippen molar-refractivity contribution in [3.8, 4) is 10.4 Å². The number of carbonyl (C=O) groups is 2. The second-order valence-corrected chi connectivity index (χ2v) is 7.16. The van der Waals surface area contributed by atoms with Gasteiger partial charge in [0, 0.05) is 22.9 Å². The van der Waals surface area contributed by atoms with Crippen LogP contribution in [0.25, 0.3) is 10.4 Å². The van der Waals surface area contributed by atoms with Crippen molar-refractivity contribution in [2.45, 2.75) is 12.8 Å². The van der Waals surface area contributed by atoms with Gasteiger partial charge >= 0.3 is 5.97 Å². The molecule has 4 rings (SSSR count). The molecule has 27 heavy (non-hydrogen) atoms. The fourth-order valence-corrected chi connectivity index (χ4v) is 4.37. The van der Waals surface area contributed by atoms with Crippen LogP contribution >= 0.6 is 11.3 Å². The van der Waals surface area contributed by atoms with E-state index in [1.54, 1.807) is 17.5 Å². The van der Waals surface area contributed by atoms with Crippen molar-refractivity contribution in [3.63, 3.8) is 0 Å². The maximum Gasteiger partial charge on any atom is 0.337 e. The lowest BCUT2D eigenvalue weighted by Gasteiger charge is -2.04. The van der Waals surface area contributed by atoms with Crippen LogP contribution in [0.5, 0.6) is 0 Å². The molecule has 1 aliphatic heterocycles. The Morgan fingerprint density at radius 1 is 1.07 bits per heavy atom. The topological polar surface area (TPSA) is 80.4 Å². The summed E-state index contributed by atoms with van der Waals surface area (Å²) in [4.78, 5) is 25.2. The number of carboxylic acids is 1. The average molecular weight is 377 g/mol. The van der Waals surface area contributed by atoms with Gasteiger partial charge in [-0.2, -0.15) is 4.74 Å². The number of fused-ring (bicyclic) bond motifs is 1. The molecule has 2 aromatic carbocycles. The highest BCUT2D eigenvalue weighted by Crippen LogP contribution is 2.34. The van der Waals surface area contributed by atoms with Gasteiger partial charge in [-0.3, -0.25) is 4.79 Å². The summed E-state index contributed by atoms with van der Waals surface area (Å²) >= 11 is 1.30. The summed E-state index contributed by atoms with van der Waals surface area (Å²) in [6.45, 7) is 0. The molecule has 0 saturated carbocycles. The van der Waals surface area contributed by atoms with Gasteiger partial charge in [0.25, 0.3) is 0 Å². The van der Waals surface area contributed by atoms with Crippen molar-refractivity contribution in [2.75, 3.05) is 0 Å². The van der Waals surface area contributed by atoms with E-state index in [9.17, 15) is 19.9 Å². The number of ketones is 1. The van der Waals surface area contributed by atoms with E-state index in [2.05, 4.69) is 0 Å². The molecule has 1 aromatic heterocycles. The van der Waals surface area contributed by atoms with E-state index in [1.165, 1.54) is 11.3 Å². The van der Waals surface area contributed by atoms with E-state index in [0.717, 1.165) is 11.1 Å². The second kappa shape index (κ2) is 6.81. The van der Waals surface area contributed by atoms with Crippen LogP contribution in [0.2, 0.25) is 0 Å². The SMILES string of the molecule is O=C(Cc1csc(-c2ccccc2)c1C(=O)O)C1=[N+]([O-])c2ccccc2C1. The van der Waals surface area contributed by atoms with Crippen LogP contribution in [0.4, 0.5) is 5.69 Å². The monoisotopic (exact) mass is 377 g/mol. The molecule has 0 spiro atoms. The number of Topliss-reactive ketones (excluding diaryl/α,β-unsaturated/α-hetero) is 1. The Hall–Kier alpha value is -3.25. The summed E-state index contributed by atoms with van der Waals surface area (Å²) < 4.78 is 0.669. The van der Waals surface area contributed by atoms with Gasteiger partial charge in [0.05, 0.1) is 12.0 Å². The highest BCUT2D eigenvalue weighted by molar-refractivity contribution is 7.14. The van der Waals surface area contributed by atoms with Gasteiger partial charge < -0.3 is 10.3 Å². The number of aromatic carboxylic acids is 1. The van der Waals surface area contributed by atoms with Gasteiger partial charge in [-0.25, -0.2) is 4.79 Å². The molecule has 1 N–H and O–H groups in total. The molecule has 5 nitrogen and oxygen atoms in total. The van der Waals surface area contributed by atoms with Gasteiger partial charge in [0.2, 0.25) is 17.2 Å². The Bertz CT molecular complexity index is 1080. The quantitative estimate of drug-likeness (QED) is 0.537. The van der Waals surface area contributed by atoms with Crippen molar-refractivity contribution in [1.29, 1.82) is 0 Å². The third-order valence-corrected chi connectivity index (χ3v) is 5.68. The summed E-state index contributed by atoms with van der Waals surface area (Å²) in [5.41, 5.74) is 2.81. The summed E-state index contributed by atoms with van der Waals surface area (Å²) in [6.07, 6.45) is 0.170. The van der Waals surface area contributed by atoms with Gasteiger partial charge in [-0.1, -0.05) is 48.5 Å².